The molecular formula is C15H15BrN4O. The SMILES string of the molecule is CCCc1nn(C)c2c(=O)[nH]c(-c3ccccc3Br)nc12. The number of rotatable bonds is 3. The van der Waals surface area contributed by atoms with E-state index in [9.17, 15) is 4.79 Å². The summed E-state index contributed by atoms with van der Waals surface area (Å²) in [4.78, 5) is 19.8. The van der Waals surface area contributed by atoms with Crippen LogP contribution in [0.3, 0.4) is 0 Å². The van der Waals surface area contributed by atoms with Gasteiger partial charge in [0.15, 0.2) is 5.52 Å². The van der Waals surface area contributed by atoms with Gasteiger partial charge in [-0.15, -0.1) is 0 Å². The maximum Gasteiger partial charge on any atom is 0.277 e. The average molecular weight is 347 g/mol. The normalized spacial score (nSPS) is 11.2. The molecule has 0 saturated heterocycles. The summed E-state index contributed by atoms with van der Waals surface area (Å²) in [7, 11) is 1.77. The molecule has 0 aliphatic heterocycles. The summed E-state index contributed by atoms with van der Waals surface area (Å²) in [6.45, 7) is 2.09. The van der Waals surface area contributed by atoms with Gasteiger partial charge in [-0.05, 0) is 12.5 Å². The Bertz CT molecular complexity index is 866. The molecule has 0 fully saturated rings. The third-order valence-electron chi connectivity index (χ3n) is 3.38. The number of hydrogen-bond acceptors (Lipinski definition) is 3. The lowest BCUT2D eigenvalue weighted by Crippen LogP contribution is -2.12. The molecule has 0 unspecified atom stereocenters. The molecule has 5 nitrogen and oxygen atoms in total. The zero-order valence-corrected chi connectivity index (χ0v) is 13.4. The van der Waals surface area contributed by atoms with Crippen molar-refractivity contribution in [3.05, 3.63) is 44.8 Å². The van der Waals surface area contributed by atoms with Gasteiger partial charge in [0, 0.05) is 17.1 Å². The van der Waals surface area contributed by atoms with Crippen LogP contribution < -0.4 is 5.56 Å². The fraction of sp³-hybridized carbons (Fsp3) is 0.267. The van der Waals surface area contributed by atoms with Crippen LogP contribution in [0.4, 0.5) is 0 Å². The molecule has 6 heteroatoms. The highest BCUT2D eigenvalue weighted by molar-refractivity contribution is 9.10. The van der Waals surface area contributed by atoms with Gasteiger partial charge in [0.2, 0.25) is 0 Å². The molecule has 0 aliphatic rings. The number of H-pyrrole nitrogens is 1. The molecule has 0 bridgehead atoms. The van der Waals surface area contributed by atoms with Crippen molar-refractivity contribution in [1.82, 2.24) is 19.7 Å². The molecule has 3 aromatic rings. The fourth-order valence-electron chi connectivity index (χ4n) is 2.43. The van der Waals surface area contributed by atoms with Crippen LogP contribution in [0, 0.1) is 0 Å². The zero-order valence-electron chi connectivity index (χ0n) is 11.9. The summed E-state index contributed by atoms with van der Waals surface area (Å²) in [5.41, 5.74) is 2.78. The summed E-state index contributed by atoms with van der Waals surface area (Å²) < 4.78 is 2.50. The van der Waals surface area contributed by atoms with Gasteiger partial charge < -0.3 is 4.98 Å². The van der Waals surface area contributed by atoms with E-state index in [1.807, 2.05) is 24.3 Å². The van der Waals surface area contributed by atoms with Crippen LogP contribution in [0.5, 0.6) is 0 Å². The molecule has 0 amide bonds. The second kappa shape index (κ2) is 5.44. The third kappa shape index (κ3) is 2.40. The molecule has 21 heavy (non-hydrogen) atoms. The standard InChI is InChI=1S/C15H15BrN4O/c1-3-6-11-12-13(20(2)19-11)15(21)18-14(17-12)9-7-4-5-8-10(9)16/h4-5,7-8H,3,6H2,1-2H3,(H,17,18,21). The largest absolute Gasteiger partial charge is 0.305 e. The molecule has 0 aliphatic carbocycles. The smallest absolute Gasteiger partial charge is 0.277 e. The summed E-state index contributed by atoms with van der Waals surface area (Å²) in [5.74, 6) is 0.560. The van der Waals surface area contributed by atoms with Crippen LogP contribution in [0.1, 0.15) is 19.0 Å². The third-order valence-corrected chi connectivity index (χ3v) is 4.07. The Morgan fingerprint density at radius 1 is 1.33 bits per heavy atom. The van der Waals surface area contributed by atoms with Gasteiger partial charge in [0.05, 0.1) is 5.69 Å². The molecule has 0 saturated carbocycles. The first-order chi connectivity index (χ1) is 10.1. The first-order valence-corrected chi connectivity index (χ1v) is 7.62. The van der Waals surface area contributed by atoms with Crippen molar-refractivity contribution in [3.63, 3.8) is 0 Å². The van der Waals surface area contributed by atoms with Crippen molar-refractivity contribution in [2.24, 2.45) is 7.05 Å². The predicted molar refractivity (Wildman–Crippen MR) is 86.3 cm³/mol. The minimum Gasteiger partial charge on any atom is -0.305 e. The molecular weight excluding hydrogens is 332 g/mol. The molecule has 0 spiro atoms. The van der Waals surface area contributed by atoms with E-state index in [2.05, 4.69) is 37.9 Å². The van der Waals surface area contributed by atoms with E-state index in [-0.39, 0.29) is 5.56 Å². The Labute approximate surface area is 130 Å². The van der Waals surface area contributed by atoms with E-state index in [1.165, 1.54) is 0 Å². The Balaban J connectivity index is 2.30. The maximum absolute atomic E-state index is 12.4. The van der Waals surface area contributed by atoms with Gasteiger partial charge in [-0.25, -0.2) is 4.98 Å². The highest BCUT2D eigenvalue weighted by Gasteiger charge is 2.15. The molecule has 0 radical (unpaired) electrons. The average Bonchev–Trinajstić information content (AvgIpc) is 2.77. The van der Waals surface area contributed by atoms with Crippen molar-refractivity contribution in [3.8, 4) is 11.4 Å². The number of benzene rings is 1. The summed E-state index contributed by atoms with van der Waals surface area (Å²) >= 11 is 3.49. The van der Waals surface area contributed by atoms with Gasteiger partial charge in [-0.1, -0.05) is 47.5 Å². The number of nitrogens with one attached hydrogen (secondary N) is 1. The van der Waals surface area contributed by atoms with Crippen LogP contribution in [0.25, 0.3) is 22.4 Å². The van der Waals surface area contributed by atoms with Crippen molar-refractivity contribution < 1.29 is 0 Å². The molecule has 1 N–H and O–H groups in total. The minimum absolute atomic E-state index is 0.164. The van der Waals surface area contributed by atoms with Crippen molar-refractivity contribution >= 4 is 27.0 Å². The van der Waals surface area contributed by atoms with Gasteiger partial charge in [0.1, 0.15) is 11.3 Å². The lowest BCUT2D eigenvalue weighted by atomic mass is 10.2. The first-order valence-electron chi connectivity index (χ1n) is 6.82. The monoisotopic (exact) mass is 346 g/mol. The number of nitrogens with zero attached hydrogens (tertiary/aromatic N) is 3. The van der Waals surface area contributed by atoms with Gasteiger partial charge in [-0.2, -0.15) is 5.10 Å². The van der Waals surface area contributed by atoms with E-state index in [1.54, 1.807) is 11.7 Å². The van der Waals surface area contributed by atoms with E-state index in [0.29, 0.717) is 16.9 Å². The quantitative estimate of drug-likeness (QED) is 0.792. The molecule has 2 heterocycles. The maximum atomic E-state index is 12.4. The predicted octanol–water partition coefficient (Wildman–Crippen LogP) is 3.04. The summed E-state index contributed by atoms with van der Waals surface area (Å²) in [5, 5.41) is 4.42. The van der Waals surface area contributed by atoms with E-state index in [0.717, 1.165) is 28.6 Å². The topological polar surface area (TPSA) is 63.6 Å². The van der Waals surface area contributed by atoms with Crippen LogP contribution >= 0.6 is 15.9 Å². The number of fused-ring (bicyclic) bond motifs is 1. The lowest BCUT2D eigenvalue weighted by molar-refractivity contribution is 0.751. The highest BCUT2D eigenvalue weighted by atomic mass is 79.9. The van der Waals surface area contributed by atoms with E-state index >= 15 is 0 Å². The molecule has 2 aromatic heterocycles. The highest BCUT2D eigenvalue weighted by Crippen LogP contribution is 2.26. The second-order valence-electron chi connectivity index (χ2n) is 4.91. The summed E-state index contributed by atoms with van der Waals surface area (Å²) in [6, 6.07) is 7.69. The van der Waals surface area contributed by atoms with Crippen molar-refractivity contribution in [2.45, 2.75) is 19.8 Å². The molecule has 0 atom stereocenters. The molecule has 3 rings (SSSR count). The van der Waals surface area contributed by atoms with Crippen LogP contribution in [0.15, 0.2) is 33.5 Å². The van der Waals surface area contributed by atoms with Gasteiger partial charge >= 0.3 is 0 Å². The molecule has 1 aromatic carbocycles. The number of hydrogen-bond donors (Lipinski definition) is 1. The van der Waals surface area contributed by atoms with Gasteiger partial charge in [-0.3, -0.25) is 9.48 Å². The number of aromatic amines is 1. The van der Waals surface area contributed by atoms with E-state index < -0.39 is 0 Å². The van der Waals surface area contributed by atoms with Gasteiger partial charge in [0.25, 0.3) is 5.56 Å². The number of halogens is 1. The first kappa shape index (κ1) is 14.0. The zero-order chi connectivity index (χ0) is 15.0. The van der Waals surface area contributed by atoms with Crippen LogP contribution in [-0.2, 0) is 13.5 Å². The number of aromatic nitrogens is 4. The Hall–Kier alpha value is -1.95. The van der Waals surface area contributed by atoms with Crippen molar-refractivity contribution in [2.75, 3.05) is 0 Å². The fourth-order valence-corrected chi connectivity index (χ4v) is 2.91. The number of aryl methyl sites for hydroxylation is 2. The summed E-state index contributed by atoms with van der Waals surface area (Å²) in [6.07, 6.45) is 1.77. The van der Waals surface area contributed by atoms with Crippen LogP contribution in [0.2, 0.25) is 0 Å². The Kier molecular flexibility index (Phi) is 3.63. The Morgan fingerprint density at radius 2 is 2.10 bits per heavy atom. The second-order valence-corrected chi connectivity index (χ2v) is 5.77. The van der Waals surface area contributed by atoms with Crippen molar-refractivity contribution in [1.29, 1.82) is 0 Å². The lowest BCUT2D eigenvalue weighted by Gasteiger charge is -2.04. The van der Waals surface area contributed by atoms with E-state index in [4.69, 9.17) is 0 Å². The minimum atomic E-state index is -0.164. The Morgan fingerprint density at radius 3 is 2.81 bits per heavy atom. The van der Waals surface area contributed by atoms with Crippen LogP contribution in [-0.4, -0.2) is 19.7 Å². The molecule has 108 valence electrons.